The summed E-state index contributed by atoms with van der Waals surface area (Å²) in [5.74, 6) is 0.483. The molecule has 0 radical (unpaired) electrons. The Hall–Kier alpha value is -1.37. The normalized spacial score (nSPS) is 9.86. The Kier molecular flexibility index (Phi) is 8.24. The summed E-state index contributed by atoms with van der Waals surface area (Å²) in [7, 11) is 3.61. The van der Waals surface area contributed by atoms with Crippen LogP contribution < -0.4 is 10.6 Å². The van der Waals surface area contributed by atoms with E-state index in [0.717, 1.165) is 11.3 Å². The summed E-state index contributed by atoms with van der Waals surface area (Å²) in [4.78, 5) is 15.7. The largest absolute Gasteiger partial charge is 0.355 e. The van der Waals surface area contributed by atoms with Crippen LogP contribution in [0.3, 0.4) is 0 Å². The van der Waals surface area contributed by atoms with Crippen molar-refractivity contribution in [3.63, 3.8) is 0 Å². The van der Waals surface area contributed by atoms with Crippen molar-refractivity contribution < 1.29 is 9.18 Å². The number of aryl methyl sites for hydroxylation is 1. The Morgan fingerprint density at radius 2 is 2.10 bits per heavy atom. The average molecular weight is 337 g/mol. The summed E-state index contributed by atoms with van der Waals surface area (Å²) >= 11 is 0. The summed E-state index contributed by atoms with van der Waals surface area (Å²) in [6.45, 7) is 0.813. The number of likely N-dealkylation sites (N-methyl/N-ethyl adjacent to an activating group) is 1. The lowest BCUT2D eigenvalue weighted by molar-refractivity contribution is -0.120. The van der Waals surface area contributed by atoms with Gasteiger partial charge in [-0.25, -0.2) is 9.37 Å². The Balaban J connectivity index is 0.00000200. The lowest BCUT2D eigenvalue weighted by Gasteiger charge is -2.05. The number of rotatable bonds is 5. The summed E-state index contributed by atoms with van der Waals surface area (Å²) in [6.07, 6.45) is 0.613. The predicted octanol–water partition coefficient (Wildman–Crippen LogP) is 1.43. The third-order valence-electron chi connectivity index (χ3n) is 2.94. The molecule has 1 heterocycles. The van der Waals surface area contributed by atoms with E-state index in [2.05, 4.69) is 15.6 Å². The molecule has 0 aliphatic carbocycles. The van der Waals surface area contributed by atoms with Crippen LogP contribution in [0.2, 0.25) is 0 Å². The molecule has 0 aliphatic heterocycles. The molecular weight excluding hydrogens is 318 g/mol. The molecule has 0 atom stereocenters. The number of halogens is 3. The monoisotopic (exact) mass is 336 g/mol. The fraction of sp³-hybridized carbons (Fsp3) is 0.385. The van der Waals surface area contributed by atoms with Gasteiger partial charge in [0.15, 0.2) is 0 Å². The molecule has 118 valence electrons. The number of nitrogens with zero attached hydrogens (tertiary/aromatic N) is 2. The predicted molar refractivity (Wildman–Crippen MR) is 85.8 cm³/mol. The van der Waals surface area contributed by atoms with Crippen LogP contribution in [0.5, 0.6) is 0 Å². The molecule has 0 saturated carbocycles. The van der Waals surface area contributed by atoms with Crippen LogP contribution in [-0.4, -0.2) is 35.6 Å². The number of carbonyl (C=O) groups excluding carboxylic acids is 1. The van der Waals surface area contributed by atoms with Crippen LogP contribution in [-0.2, 0) is 18.3 Å². The zero-order valence-electron chi connectivity index (χ0n) is 11.9. The van der Waals surface area contributed by atoms with E-state index in [4.69, 9.17) is 0 Å². The molecule has 21 heavy (non-hydrogen) atoms. The molecule has 0 spiro atoms. The van der Waals surface area contributed by atoms with E-state index in [1.165, 1.54) is 12.1 Å². The molecule has 1 amide bonds. The van der Waals surface area contributed by atoms with E-state index < -0.39 is 0 Å². The van der Waals surface area contributed by atoms with Gasteiger partial charge in [0.25, 0.3) is 0 Å². The average Bonchev–Trinajstić information content (AvgIpc) is 2.66. The molecule has 0 saturated heterocycles. The summed E-state index contributed by atoms with van der Waals surface area (Å²) in [5, 5.41) is 5.57. The number of benzene rings is 1. The topological polar surface area (TPSA) is 59.0 Å². The van der Waals surface area contributed by atoms with Gasteiger partial charge in [0.2, 0.25) is 5.91 Å². The van der Waals surface area contributed by atoms with Crippen LogP contribution in [0.4, 0.5) is 4.39 Å². The van der Waals surface area contributed by atoms with Gasteiger partial charge < -0.3 is 15.2 Å². The van der Waals surface area contributed by atoms with Crippen LogP contribution in [0.25, 0.3) is 11.0 Å². The molecule has 1 aromatic heterocycles. The number of hydrogen-bond acceptors (Lipinski definition) is 3. The second-order valence-electron chi connectivity index (χ2n) is 4.35. The third kappa shape index (κ3) is 4.84. The lowest BCUT2D eigenvalue weighted by Crippen LogP contribution is -2.33. The van der Waals surface area contributed by atoms with E-state index in [9.17, 15) is 9.18 Å². The van der Waals surface area contributed by atoms with Gasteiger partial charge in [-0.05, 0) is 19.2 Å². The van der Waals surface area contributed by atoms with Crippen molar-refractivity contribution in [3.05, 3.63) is 29.8 Å². The molecular formula is C13H19Cl2FN4O. The zero-order valence-corrected chi connectivity index (χ0v) is 13.5. The Bertz CT molecular complexity index is 603. The highest BCUT2D eigenvalue weighted by Crippen LogP contribution is 2.16. The molecule has 0 aliphatic rings. The van der Waals surface area contributed by atoms with E-state index in [-0.39, 0.29) is 36.5 Å². The number of nitrogens with one attached hydrogen (secondary N) is 2. The van der Waals surface area contributed by atoms with Gasteiger partial charge in [-0.2, -0.15) is 0 Å². The highest BCUT2D eigenvalue weighted by Gasteiger charge is 2.08. The molecule has 2 N–H and O–H groups in total. The van der Waals surface area contributed by atoms with Crippen molar-refractivity contribution in [1.82, 2.24) is 20.2 Å². The number of amides is 1. The number of hydrogen-bond donors (Lipinski definition) is 2. The molecule has 8 heteroatoms. The summed E-state index contributed by atoms with van der Waals surface area (Å²) in [5.41, 5.74) is 1.53. The van der Waals surface area contributed by atoms with Gasteiger partial charge >= 0.3 is 0 Å². The first-order chi connectivity index (χ1) is 9.11. The second kappa shape index (κ2) is 8.81. The van der Waals surface area contributed by atoms with Gasteiger partial charge in [-0.15, -0.1) is 24.8 Å². The molecule has 5 nitrogen and oxygen atoms in total. The van der Waals surface area contributed by atoms with E-state index >= 15 is 0 Å². The van der Waals surface area contributed by atoms with Gasteiger partial charge in [-0.3, -0.25) is 4.79 Å². The molecule has 1 aromatic carbocycles. The number of aromatic nitrogens is 2. The maximum Gasteiger partial charge on any atom is 0.233 e. The second-order valence-corrected chi connectivity index (χ2v) is 4.35. The maximum absolute atomic E-state index is 13.1. The van der Waals surface area contributed by atoms with Crippen molar-refractivity contribution in [2.75, 3.05) is 20.1 Å². The fourth-order valence-corrected chi connectivity index (χ4v) is 1.98. The minimum absolute atomic E-state index is 0. The first-order valence-electron chi connectivity index (χ1n) is 6.14. The molecule has 0 unspecified atom stereocenters. The van der Waals surface area contributed by atoms with Crippen molar-refractivity contribution in [1.29, 1.82) is 0 Å². The number of carbonyl (C=O) groups is 1. The fourth-order valence-electron chi connectivity index (χ4n) is 1.98. The van der Waals surface area contributed by atoms with Crippen LogP contribution >= 0.6 is 24.8 Å². The molecule has 2 rings (SSSR count). The highest BCUT2D eigenvalue weighted by atomic mass is 35.5. The molecule has 0 fully saturated rings. The van der Waals surface area contributed by atoms with Gasteiger partial charge in [0.1, 0.15) is 11.6 Å². The third-order valence-corrected chi connectivity index (χ3v) is 2.94. The van der Waals surface area contributed by atoms with Gasteiger partial charge in [0.05, 0.1) is 17.6 Å². The zero-order chi connectivity index (χ0) is 13.8. The van der Waals surface area contributed by atoms with Gasteiger partial charge in [0, 0.05) is 26.1 Å². The van der Waals surface area contributed by atoms with Crippen molar-refractivity contribution in [3.8, 4) is 0 Å². The first kappa shape index (κ1) is 19.6. The van der Waals surface area contributed by atoms with E-state index in [1.54, 1.807) is 13.1 Å². The molecule has 0 bridgehead atoms. The quantitative estimate of drug-likeness (QED) is 0.868. The first-order valence-corrected chi connectivity index (χ1v) is 6.14. The standard InChI is InChI=1S/C13H17FN4O.2ClH/c1-15-8-13(19)16-6-5-12-17-10-7-9(14)3-4-11(10)18(12)2;;/h3-4,7,15H,5-6,8H2,1-2H3,(H,16,19);2*1H. The SMILES string of the molecule is CNCC(=O)NCCc1nc2cc(F)ccc2n1C.Cl.Cl. The maximum atomic E-state index is 13.1. The van der Waals surface area contributed by atoms with Crippen molar-refractivity contribution in [2.24, 2.45) is 7.05 Å². The minimum Gasteiger partial charge on any atom is -0.355 e. The van der Waals surface area contributed by atoms with E-state index in [0.29, 0.717) is 25.0 Å². The number of fused-ring (bicyclic) bond motifs is 1. The minimum atomic E-state index is -0.292. The van der Waals surface area contributed by atoms with Crippen LogP contribution in [0.15, 0.2) is 18.2 Å². The Morgan fingerprint density at radius 3 is 2.76 bits per heavy atom. The smallest absolute Gasteiger partial charge is 0.233 e. The summed E-state index contributed by atoms with van der Waals surface area (Å²) < 4.78 is 15.0. The van der Waals surface area contributed by atoms with Crippen LogP contribution in [0.1, 0.15) is 5.82 Å². The lowest BCUT2D eigenvalue weighted by atomic mass is 10.3. The van der Waals surface area contributed by atoms with Crippen LogP contribution in [0, 0.1) is 5.82 Å². The Morgan fingerprint density at radius 1 is 1.38 bits per heavy atom. The molecule has 2 aromatic rings. The van der Waals surface area contributed by atoms with E-state index in [1.807, 2.05) is 11.6 Å². The highest BCUT2D eigenvalue weighted by molar-refractivity contribution is 5.85. The Labute approximate surface area is 135 Å². The number of imidazole rings is 1. The van der Waals surface area contributed by atoms with Crippen molar-refractivity contribution in [2.45, 2.75) is 6.42 Å². The summed E-state index contributed by atoms with van der Waals surface area (Å²) in [6, 6.07) is 4.54. The van der Waals surface area contributed by atoms with Crippen molar-refractivity contribution >= 4 is 41.8 Å². The van der Waals surface area contributed by atoms with Gasteiger partial charge in [-0.1, -0.05) is 0 Å².